The van der Waals surface area contributed by atoms with Gasteiger partial charge in [-0.15, -0.1) is 11.8 Å². The van der Waals surface area contributed by atoms with Gasteiger partial charge in [0.2, 0.25) is 5.91 Å². The first-order valence-electron chi connectivity index (χ1n) is 8.82. The molecule has 0 saturated carbocycles. The van der Waals surface area contributed by atoms with Crippen molar-refractivity contribution >= 4 is 35.1 Å². The molecule has 0 aliphatic carbocycles. The molecule has 5 nitrogen and oxygen atoms in total. The standard InChI is InChI=1S/C21H21N3O2S2/c1-14-8-6-7-11-18(14)23-20(26)15(2)28-21-22-16(12-19(25)24-21)13-27-17-9-4-3-5-10-17/h3-12,15H,13H2,1-2H3,(H,23,26)(H,22,24,25). The minimum absolute atomic E-state index is 0.133. The van der Waals surface area contributed by atoms with Crippen LogP contribution in [0.5, 0.6) is 0 Å². The lowest BCUT2D eigenvalue weighted by atomic mass is 10.2. The predicted octanol–water partition coefficient (Wildman–Crippen LogP) is 4.49. The van der Waals surface area contributed by atoms with Crippen molar-refractivity contribution in [1.29, 1.82) is 0 Å². The number of carbonyl (C=O) groups is 1. The van der Waals surface area contributed by atoms with Crippen LogP contribution >= 0.6 is 23.5 Å². The molecule has 0 aliphatic heterocycles. The molecule has 2 aromatic carbocycles. The Morgan fingerprint density at radius 2 is 1.86 bits per heavy atom. The molecule has 0 aliphatic rings. The summed E-state index contributed by atoms with van der Waals surface area (Å²) in [7, 11) is 0. The number of anilines is 1. The Labute approximate surface area is 172 Å². The number of aryl methyl sites for hydroxylation is 1. The number of nitrogens with zero attached hydrogens (tertiary/aromatic N) is 1. The lowest BCUT2D eigenvalue weighted by molar-refractivity contribution is -0.115. The van der Waals surface area contributed by atoms with E-state index in [2.05, 4.69) is 15.3 Å². The molecule has 144 valence electrons. The molecule has 7 heteroatoms. The minimum Gasteiger partial charge on any atom is -0.325 e. The van der Waals surface area contributed by atoms with Crippen molar-refractivity contribution in [2.45, 2.75) is 34.9 Å². The quantitative estimate of drug-likeness (QED) is 0.443. The van der Waals surface area contributed by atoms with Crippen molar-refractivity contribution in [3.63, 3.8) is 0 Å². The second-order valence-electron chi connectivity index (χ2n) is 6.21. The third-order valence-electron chi connectivity index (χ3n) is 3.96. The summed E-state index contributed by atoms with van der Waals surface area (Å²) in [6.45, 7) is 3.74. The topological polar surface area (TPSA) is 74.8 Å². The van der Waals surface area contributed by atoms with E-state index >= 15 is 0 Å². The highest BCUT2D eigenvalue weighted by atomic mass is 32.2. The van der Waals surface area contributed by atoms with Crippen LogP contribution in [0, 0.1) is 6.92 Å². The Balaban J connectivity index is 1.64. The van der Waals surface area contributed by atoms with E-state index < -0.39 is 5.25 Å². The molecule has 1 aromatic heterocycles. The first-order valence-corrected chi connectivity index (χ1v) is 10.7. The Hall–Kier alpha value is -2.51. The summed E-state index contributed by atoms with van der Waals surface area (Å²) in [5.41, 5.74) is 2.26. The number of nitrogens with one attached hydrogen (secondary N) is 2. The molecule has 0 radical (unpaired) electrons. The van der Waals surface area contributed by atoms with Crippen molar-refractivity contribution in [3.8, 4) is 0 Å². The maximum atomic E-state index is 12.5. The van der Waals surface area contributed by atoms with Crippen molar-refractivity contribution in [2.75, 3.05) is 5.32 Å². The van der Waals surface area contributed by atoms with Gasteiger partial charge >= 0.3 is 0 Å². The summed E-state index contributed by atoms with van der Waals surface area (Å²) in [5.74, 6) is 0.455. The van der Waals surface area contributed by atoms with Crippen molar-refractivity contribution in [2.24, 2.45) is 0 Å². The molecule has 3 aromatic rings. The number of rotatable bonds is 7. The maximum absolute atomic E-state index is 12.5. The molecule has 0 fully saturated rings. The van der Waals surface area contributed by atoms with Crippen LogP contribution in [0.15, 0.2) is 75.5 Å². The lowest BCUT2D eigenvalue weighted by Crippen LogP contribution is -2.23. The van der Waals surface area contributed by atoms with E-state index in [4.69, 9.17) is 0 Å². The zero-order chi connectivity index (χ0) is 19.9. The molecule has 1 heterocycles. The van der Waals surface area contributed by atoms with E-state index in [1.165, 1.54) is 17.8 Å². The van der Waals surface area contributed by atoms with E-state index in [1.807, 2.05) is 61.5 Å². The predicted molar refractivity (Wildman–Crippen MR) is 116 cm³/mol. The van der Waals surface area contributed by atoms with Crippen molar-refractivity contribution < 1.29 is 4.79 Å². The molecule has 0 saturated heterocycles. The van der Waals surface area contributed by atoms with E-state index in [0.717, 1.165) is 16.1 Å². The highest BCUT2D eigenvalue weighted by Crippen LogP contribution is 2.24. The highest BCUT2D eigenvalue weighted by molar-refractivity contribution is 8.00. The van der Waals surface area contributed by atoms with Gasteiger partial charge in [0.25, 0.3) is 5.56 Å². The van der Waals surface area contributed by atoms with Gasteiger partial charge in [-0.25, -0.2) is 4.98 Å². The zero-order valence-electron chi connectivity index (χ0n) is 15.6. The van der Waals surface area contributed by atoms with Crippen molar-refractivity contribution in [3.05, 3.63) is 82.3 Å². The fourth-order valence-corrected chi connectivity index (χ4v) is 4.10. The number of thioether (sulfide) groups is 2. The zero-order valence-corrected chi connectivity index (χ0v) is 17.3. The van der Waals surface area contributed by atoms with E-state index in [-0.39, 0.29) is 11.5 Å². The Morgan fingerprint density at radius 1 is 1.14 bits per heavy atom. The largest absolute Gasteiger partial charge is 0.325 e. The van der Waals surface area contributed by atoms with Gasteiger partial charge in [0.05, 0.1) is 10.9 Å². The van der Waals surface area contributed by atoms with E-state index in [9.17, 15) is 9.59 Å². The molecule has 1 atom stereocenters. The number of aromatic amines is 1. The van der Waals surface area contributed by atoms with Gasteiger partial charge in [-0.05, 0) is 37.6 Å². The summed E-state index contributed by atoms with van der Waals surface area (Å²) >= 11 is 2.85. The van der Waals surface area contributed by atoms with Crippen LogP contribution in [0.4, 0.5) is 5.69 Å². The van der Waals surface area contributed by atoms with Crippen LogP contribution in [0.2, 0.25) is 0 Å². The summed E-state index contributed by atoms with van der Waals surface area (Å²) in [4.78, 5) is 32.8. The number of hydrogen-bond acceptors (Lipinski definition) is 5. The number of H-pyrrole nitrogens is 1. The second kappa shape index (κ2) is 9.61. The van der Waals surface area contributed by atoms with Gasteiger partial charge in [-0.3, -0.25) is 9.59 Å². The molecule has 1 unspecified atom stereocenters. The number of amides is 1. The van der Waals surface area contributed by atoms with Crippen LogP contribution in [0.3, 0.4) is 0 Å². The summed E-state index contributed by atoms with van der Waals surface area (Å²) in [5, 5.41) is 2.97. The summed E-state index contributed by atoms with van der Waals surface area (Å²) in [6.07, 6.45) is 0. The van der Waals surface area contributed by atoms with Crippen LogP contribution in [0.1, 0.15) is 18.2 Å². The maximum Gasteiger partial charge on any atom is 0.251 e. The average Bonchev–Trinajstić information content (AvgIpc) is 2.68. The number of hydrogen-bond donors (Lipinski definition) is 2. The molecular formula is C21H21N3O2S2. The third kappa shape index (κ3) is 5.74. The van der Waals surface area contributed by atoms with Gasteiger partial charge < -0.3 is 10.3 Å². The first-order chi connectivity index (χ1) is 13.5. The van der Waals surface area contributed by atoms with Crippen LogP contribution in [-0.2, 0) is 10.5 Å². The van der Waals surface area contributed by atoms with E-state index in [0.29, 0.717) is 16.6 Å². The number of para-hydroxylation sites is 1. The molecule has 3 rings (SSSR count). The van der Waals surface area contributed by atoms with Crippen LogP contribution < -0.4 is 10.9 Å². The number of benzene rings is 2. The van der Waals surface area contributed by atoms with Crippen molar-refractivity contribution in [1.82, 2.24) is 9.97 Å². The van der Waals surface area contributed by atoms with Crippen LogP contribution in [0.25, 0.3) is 0 Å². The molecule has 0 bridgehead atoms. The van der Waals surface area contributed by atoms with Gasteiger partial charge in [-0.2, -0.15) is 0 Å². The normalized spacial score (nSPS) is 11.8. The molecule has 2 N–H and O–H groups in total. The first kappa shape index (κ1) is 20.2. The van der Waals surface area contributed by atoms with Gasteiger partial charge in [0.15, 0.2) is 5.16 Å². The van der Waals surface area contributed by atoms with E-state index in [1.54, 1.807) is 18.7 Å². The Morgan fingerprint density at radius 3 is 2.61 bits per heavy atom. The average molecular weight is 412 g/mol. The minimum atomic E-state index is -0.403. The van der Waals surface area contributed by atoms with Gasteiger partial charge in [-0.1, -0.05) is 48.2 Å². The molecule has 0 spiro atoms. The summed E-state index contributed by atoms with van der Waals surface area (Å²) < 4.78 is 0. The molecule has 28 heavy (non-hydrogen) atoms. The molecule has 1 amide bonds. The second-order valence-corrected chi connectivity index (χ2v) is 8.59. The Kier molecular flexibility index (Phi) is 6.95. The lowest BCUT2D eigenvalue weighted by Gasteiger charge is -2.13. The SMILES string of the molecule is Cc1ccccc1NC(=O)C(C)Sc1nc(CSc2ccccc2)cc(=O)[nH]1. The Bertz CT molecular complexity index is 1010. The van der Waals surface area contributed by atoms with Gasteiger partial charge in [0, 0.05) is 22.4 Å². The monoisotopic (exact) mass is 411 g/mol. The third-order valence-corrected chi connectivity index (χ3v) is 5.99. The number of aromatic nitrogens is 2. The highest BCUT2D eigenvalue weighted by Gasteiger charge is 2.17. The number of carbonyl (C=O) groups excluding carboxylic acids is 1. The fraction of sp³-hybridized carbons (Fsp3) is 0.190. The molecular weight excluding hydrogens is 390 g/mol. The van der Waals surface area contributed by atoms with Crippen LogP contribution in [-0.4, -0.2) is 21.1 Å². The summed E-state index contributed by atoms with van der Waals surface area (Å²) in [6, 6.07) is 19.1. The van der Waals surface area contributed by atoms with Gasteiger partial charge in [0.1, 0.15) is 0 Å². The smallest absolute Gasteiger partial charge is 0.251 e. The fourth-order valence-electron chi connectivity index (χ4n) is 2.46.